The van der Waals surface area contributed by atoms with Crippen LogP contribution in [-0.4, -0.2) is 27.7 Å². The minimum absolute atomic E-state index is 0.179. The molecule has 30 heavy (non-hydrogen) atoms. The van der Waals surface area contributed by atoms with E-state index in [1.165, 1.54) is 0 Å². The van der Waals surface area contributed by atoms with E-state index < -0.39 is 12.1 Å². The number of para-hydroxylation sites is 1. The van der Waals surface area contributed by atoms with Gasteiger partial charge in [-0.3, -0.25) is 4.79 Å². The Balaban J connectivity index is 1.46. The van der Waals surface area contributed by atoms with Gasteiger partial charge in [0.05, 0.1) is 11.4 Å². The second-order valence-corrected chi connectivity index (χ2v) is 7.95. The zero-order chi connectivity index (χ0) is 20.5. The van der Waals surface area contributed by atoms with Crippen molar-refractivity contribution >= 4 is 11.9 Å². The maximum atomic E-state index is 13.2. The first-order valence-electron chi connectivity index (χ1n) is 10.4. The maximum absolute atomic E-state index is 13.2. The van der Waals surface area contributed by atoms with Crippen LogP contribution in [0.1, 0.15) is 59.5 Å². The van der Waals surface area contributed by atoms with Gasteiger partial charge >= 0.3 is 5.97 Å². The zero-order valence-electron chi connectivity index (χ0n) is 16.5. The Morgan fingerprint density at radius 2 is 1.63 bits per heavy atom. The van der Waals surface area contributed by atoms with E-state index in [2.05, 4.69) is 10.4 Å². The second kappa shape index (κ2) is 7.78. The summed E-state index contributed by atoms with van der Waals surface area (Å²) >= 11 is 0. The van der Waals surface area contributed by atoms with Crippen molar-refractivity contribution in [2.75, 3.05) is 0 Å². The van der Waals surface area contributed by atoms with Crippen molar-refractivity contribution < 1.29 is 14.3 Å². The normalized spacial score (nSPS) is 16.7. The number of nitrogens with one attached hydrogen (secondary N) is 1. The maximum Gasteiger partial charge on any atom is 0.358 e. The third-order valence-electron chi connectivity index (χ3n) is 5.42. The molecule has 6 heteroatoms. The fourth-order valence-electron chi connectivity index (χ4n) is 3.46. The van der Waals surface area contributed by atoms with Crippen molar-refractivity contribution in [1.29, 1.82) is 0 Å². The number of hydrogen-bond donors (Lipinski definition) is 1. The number of carbonyl (C=O) groups excluding carboxylic acids is 2. The molecule has 1 heterocycles. The first-order valence-corrected chi connectivity index (χ1v) is 10.4. The van der Waals surface area contributed by atoms with Crippen LogP contribution in [0, 0.1) is 0 Å². The lowest BCUT2D eigenvalue weighted by Gasteiger charge is -2.18. The molecule has 1 atom stereocenters. The van der Waals surface area contributed by atoms with Crippen LogP contribution in [-0.2, 0) is 9.53 Å². The number of nitrogens with zero attached hydrogens (tertiary/aromatic N) is 2. The first kappa shape index (κ1) is 18.6. The molecule has 0 spiro atoms. The number of esters is 1. The van der Waals surface area contributed by atoms with E-state index >= 15 is 0 Å². The summed E-state index contributed by atoms with van der Waals surface area (Å²) in [5.41, 5.74) is 2.67. The summed E-state index contributed by atoms with van der Waals surface area (Å²) in [5.74, 6) is -0.451. The molecular formula is C24H23N3O3. The van der Waals surface area contributed by atoms with Gasteiger partial charge in [0.2, 0.25) is 6.10 Å². The summed E-state index contributed by atoms with van der Waals surface area (Å²) < 4.78 is 7.40. The molecule has 2 aliphatic carbocycles. The third-order valence-corrected chi connectivity index (χ3v) is 5.42. The predicted molar refractivity (Wildman–Crippen MR) is 111 cm³/mol. The predicted octanol–water partition coefficient (Wildman–Crippen LogP) is 3.93. The quantitative estimate of drug-likeness (QED) is 0.609. The number of ether oxygens (including phenoxy) is 1. The van der Waals surface area contributed by atoms with Crippen molar-refractivity contribution in [2.24, 2.45) is 0 Å². The van der Waals surface area contributed by atoms with Gasteiger partial charge in [-0.2, -0.15) is 5.10 Å². The molecule has 2 aliphatic rings. The molecule has 2 fully saturated rings. The number of amides is 1. The zero-order valence-corrected chi connectivity index (χ0v) is 16.5. The molecular weight excluding hydrogens is 378 g/mol. The summed E-state index contributed by atoms with van der Waals surface area (Å²) in [5, 5.41) is 7.61. The van der Waals surface area contributed by atoms with Gasteiger partial charge in [0.15, 0.2) is 5.69 Å². The Morgan fingerprint density at radius 3 is 2.27 bits per heavy atom. The lowest BCUT2D eigenvalue weighted by Crippen LogP contribution is -2.33. The molecule has 1 amide bonds. The minimum atomic E-state index is -0.997. The first-order chi connectivity index (χ1) is 14.7. The van der Waals surface area contributed by atoms with Crippen LogP contribution in [0.4, 0.5) is 0 Å². The Bertz CT molecular complexity index is 1050. The highest BCUT2D eigenvalue weighted by atomic mass is 16.5. The molecule has 1 N–H and O–H groups in total. The summed E-state index contributed by atoms with van der Waals surface area (Å²) in [6, 6.07) is 20.6. The molecule has 0 radical (unpaired) electrons. The lowest BCUT2D eigenvalue weighted by atomic mass is 10.1. The molecule has 2 aromatic carbocycles. The number of rotatable bonds is 7. The van der Waals surface area contributed by atoms with Crippen molar-refractivity contribution in [3.63, 3.8) is 0 Å². The number of hydrogen-bond acceptors (Lipinski definition) is 4. The summed E-state index contributed by atoms with van der Waals surface area (Å²) in [7, 11) is 0. The highest BCUT2D eigenvalue weighted by Gasteiger charge is 2.33. The van der Waals surface area contributed by atoms with Crippen LogP contribution in [0.3, 0.4) is 0 Å². The molecule has 5 rings (SSSR count). The van der Waals surface area contributed by atoms with E-state index in [1.54, 1.807) is 22.9 Å². The molecule has 0 saturated heterocycles. The van der Waals surface area contributed by atoms with Crippen LogP contribution in [0.2, 0.25) is 0 Å². The smallest absolute Gasteiger partial charge is 0.358 e. The van der Waals surface area contributed by atoms with Crippen molar-refractivity contribution in [3.05, 3.63) is 83.7 Å². The van der Waals surface area contributed by atoms with Crippen molar-refractivity contribution in [1.82, 2.24) is 15.1 Å². The highest BCUT2D eigenvalue weighted by molar-refractivity contribution is 5.92. The van der Waals surface area contributed by atoms with Crippen LogP contribution >= 0.6 is 0 Å². The summed E-state index contributed by atoms with van der Waals surface area (Å²) in [4.78, 5) is 26.1. The number of aromatic nitrogens is 2. The van der Waals surface area contributed by atoms with Gasteiger partial charge in [-0.1, -0.05) is 48.5 Å². The van der Waals surface area contributed by atoms with Crippen LogP contribution in [0.15, 0.2) is 66.7 Å². The number of carbonyl (C=O) groups is 2. The van der Waals surface area contributed by atoms with Crippen LogP contribution in [0.5, 0.6) is 0 Å². The van der Waals surface area contributed by atoms with E-state index in [-0.39, 0.29) is 11.9 Å². The Labute approximate surface area is 174 Å². The van der Waals surface area contributed by atoms with E-state index in [0.29, 0.717) is 17.2 Å². The van der Waals surface area contributed by atoms with Gasteiger partial charge in [0.25, 0.3) is 5.91 Å². The van der Waals surface area contributed by atoms with Crippen molar-refractivity contribution in [3.8, 4) is 5.69 Å². The summed E-state index contributed by atoms with van der Waals surface area (Å²) in [6.45, 7) is 0. The summed E-state index contributed by atoms with van der Waals surface area (Å²) in [6.07, 6.45) is 3.09. The third kappa shape index (κ3) is 3.99. The van der Waals surface area contributed by atoms with Crippen molar-refractivity contribution in [2.45, 2.75) is 43.7 Å². The molecule has 2 saturated carbocycles. The molecule has 3 aromatic rings. The Morgan fingerprint density at radius 1 is 0.967 bits per heavy atom. The lowest BCUT2D eigenvalue weighted by molar-refractivity contribution is -0.130. The fourth-order valence-corrected chi connectivity index (χ4v) is 3.46. The minimum Gasteiger partial charge on any atom is -0.443 e. The van der Waals surface area contributed by atoms with Crippen LogP contribution < -0.4 is 5.32 Å². The van der Waals surface area contributed by atoms with E-state index in [9.17, 15) is 9.59 Å². The standard InChI is InChI=1S/C24H23N3O3/c28-23(25-18-13-14-18)22(17-7-3-1-4-8-17)30-24(29)21-15-20(16-11-12-16)26-27(21)19-9-5-2-6-10-19/h1-10,15-16,18,22H,11-14H2,(H,25,28)/t22-/m0/s1. The average Bonchev–Trinajstić information content (AvgIpc) is 3.72. The van der Waals surface area contributed by atoms with E-state index in [1.807, 2.05) is 48.5 Å². The monoisotopic (exact) mass is 401 g/mol. The van der Waals surface area contributed by atoms with Gasteiger partial charge in [-0.25, -0.2) is 9.48 Å². The van der Waals surface area contributed by atoms with E-state index in [0.717, 1.165) is 37.1 Å². The van der Waals surface area contributed by atoms with Gasteiger partial charge in [-0.15, -0.1) is 0 Å². The topological polar surface area (TPSA) is 73.2 Å². The molecule has 0 unspecified atom stereocenters. The second-order valence-electron chi connectivity index (χ2n) is 7.95. The Kier molecular flexibility index (Phi) is 4.83. The molecule has 0 aliphatic heterocycles. The largest absolute Gasteiger partial charge is 0.443 e. The van der Waals surface area contributed by atoms with Gasteiger partial charge < -0.3 is 10.1 Å². The molecule has 152 valence electrons. The highest BCUT2D eigenvalue weighted by Crippen LogP contribution is 2.40. The Hall–Kier alpha value is -3.41. The van der Waals surface area contributed by atoms with Gasteiger partial charge in [-0.05, 0) is 43.9 Å². The van der Waals surface area contributed by atoms with Crippen LogP contribution in [0.25, 0.3) is 5.69 Å². The molecule has 6 nitrogen and oxygen atoms in total. The molecule has 0 bridgehead atoms. The van der Waals surface area contributed by atoms with E-state index in [4.69, 9.17) is 4.74 Å². The SMILES string of the molecule is O=C(O[C@H](C(=O)NC1CC1)c1ccccc1)c1cc(C2CC2)nn1-c1ccccc1. The van der Waals surface area contributed by atoms with Gasteiger partial charge in [0, 0.05) is 17.5 Å². The van der Waals surface area contributed by atoms with Gasteiger partial charge in [0.1, 0.15) is 0 Å². The number of benzene rings is 2. The molecule has 1 aromatic heterocycles. The fraction of sp³-hybridized carbons (Fsp3) is 0.292. The average molecular weight is 401 g/mol.